The largest absolute Gasteiger partial charge is 0.398 e. The van der Waals surface area contributed by atoms with E-state index in [4.69, 9.17) is 5.73 Å². The first-order valence-electron chi connectivity index (χ1n) is 4.63. The Hall–Kier alpha value is -0.435. The molecular formula is C10H12BBrN. The number of aryl methyl sites for hydroxylation is 1. The highest BCUT2D eigenvalue weighted by Crippen LogP contribution is 2.28. The van der Waals surface area contributed by atoms with E-state index >= 15 is 0 Å². The Morgan fingerprint density at radius 3 is 2.92 bits per heavy atom. The zero-order valence-electron chi connectivity index (χ0n) is 7.73. The van der Waals surface area contributed by atoms with Crippen molar-refractivity contribution in [2.45, 2.75) is 26.1 Å². The van der Waals surface area contributed by atoms with Gasteiger partial charge in [-0.2, -0.15) is 0 Å². The van der Waals surface area contributed by atoms with Crippen LogP contribution in [0.25, 0.3) is 0 Å². The van der Waals surface area contributed by atoms with Gasteiger partial charge in [0.25, 0.3) is 0 Å². The van der Waals surface area contributed by atoms with Crippen LogP contribution in [0.5, 0.6) is 0 Å². The van der Waals surface area contributed by atoms with Crippen molar-refractivity contribution in [3.8, 4) is 0 Å². The molecule has 0 atom stereocenters. The zero-order chi connectivity index (χ0) is 9.42. The molecule has 0 fully saturated rings. The van der Waals surface area contributed by atoms with Crippen LogP contribution in [-0.2, 0) is 12.8 Å². The Labute approximate surface area is 88.1 Å². The third-order valence-corrected chi connectivity index (χ3v) is 3.38. The summed E-state index contributed by atoms with van der Waals surface area (Å²) in [6.45, 7) is 2.05. The third-order valence-electron chi connectivity index (χ3n) is 2.72. The van der Waals surface area contributed by atoms with Crippen molar-refractivity contribution in [1.82, 2.24) is 0 Å². The van der Waals surface area contributed by atoms with Crippen LogP contribution in [0.3, 0.4) is 0 Å². The van der Waals surface area contributed by atoms with E-state index in [0.29, 0.717) is 0 Å². The second-order valence-electron chi connectivity index (χ2n) is 3.47. The molecule has 2 rings (SSSR count). The van der Waals surface area contributed by atoms with Crippen LogP contribution in [0.1, 0.15) is 17.5 Å². The molecule has 1 nitrogen and oxygen atoms in total. The minimum Gasteiger partial charge on any atom is -0.398 e. The summed E-state index contributed by atoms with van der Waals surface area (Å²) >= 11 is 3.50. The first-order chi connectivity index (χ1) is 6.24. The maximum atomic E-state index is 5.99. The van der Waals surface area contributed by atoms with E-state index in [1.807, 2.05) is 0 Å². The number of benzene rings is 1. The van der Waals surface area contributed by atoms with E-state index in [2.05, 4.69) is 36.1 Å². The van der Waals surface area contributed by atoms with Crippen LogP contribution in [-0.4, -0.2) is 7.28 Å². The Kier molecular flexibility index (Phi) is 2.37. The normalized spacial score (nSPS) is 14.3. The zero-order valence-corrected chi connectivity index (χ0v) is 9.32. The van der Waals surface area contributed by atoms with Gasteiger partial charge in [-0.25, -0.2) is 0 Å². The predicted molar refractivity (Wildman–Crippen MR) is 61.8 cm³/mol. The summed E-state index contributed by atoms with van der Waals surface area (Å²) in [5.74, 6) is 0. The van der Waals surface area contributed by atoms with Gasteiger partial charge in [0.2, 0.25) is 0 Å². The molecule has 0 amide bonds. The maximum Gasteiger partial charge on any atom is 0.151 e. The predicted octanol–water partition coefficient (Wildman–Crippen LogP) is 1.90. The van der Waals surface area contributed by atoms with Gasteiger partial charge in [-0.3, -0.25) is 0 Å². The highest BCUT2D eigenvalue weighted by molar-refractivity contribution is 9.10. The lowest BCUT2D eigenvalue weighted by molar-refractivity contribution is 0.913. The van der Waals surface area contributed by atoms with Gasteiger partial charge >= 0.3 is 0 Å². The molecule has 1 aliphatic rings. The fourth-order valence-corrected chi connectivity index (χ4v) is 2.58. The minimum atomic E-state index is 0.892. The summed E-state index contributed by atoms with van der Waals surface area (Å²) in [7, 11) is 2.12. The Balaban J connectivity index is 2.64. The number of anilines is 1. The molecule has 3 heteroatoms. The summed E-state index contributed by atoms with van der Waals surface area (Å²) in [5, 5.41) is 0. The van der Waals surface area contributed by atoms with Crippen LogP contribution >= 0.6 is 15.9 Å². The maximum absolute atomic E-state index is 5.99. The molecule has 1 radical (unpaired) electrons. The second kappa shape index (κ2) is 3.37. The second-order valence-corrected chi connectivity index (χ2v) is 4.32. The first-order valence-corrected chi connectivity index (χ1v) is 5.42. The lowest BCUT2D eigenvalue weighted by atomic mass is 9.69. The van der Waals surface area contributed by atoms with Crippen LogP contribution in [0.2, 0.25) is 6.82 Å². The molecule has 0 aliphatic heterocycles. The van der Waals surface area contributed by atoms with Gasteiger partial charge in [0, 0.05) is 10.2 Å². The molecule has 1 aliphatic carbocycles. The van der Waals surface area contributed by atoms with Crippen molar-refractivity contribution in [2.75, 3.05) is 5.73 Å². The quantitative estimate of drug-likeness (QED) is 0.585. The van der Waals surface area contributed by atoms with Crippen molar-refractivity contribution in [3.63, 3.8) is 0 Å². The highest BCUT2D eigenvalue weighted by atomic mass is 79.9. The summed E-state index contributed by atoms with van der Waals surface area (Å²) in [5.41, 5.74) is 11.0. The smallest absolute Gasteiger partial charge is 0.151 e. The van der Waals surface area contributed by atoms with Crippen molar-refractivity contribution in [2.24, 2.45) is 0 Å². The molecule has 1 aromatic carbocycles. The third kappa shape index (κ3) is 1.39. The van der Waals surface area contributed by atoms with Gasteiger partial charge in [-0.1, -0.05) is 12.3 Å². The number of hydrogen-bond acceptors (Lipinski definition) is 1. The molecule has 0 saturated carbocycles. The van der Waals surface area contributed by atoms with Gasteiger partial charge in [-0.15, -0.1) is 0 Å². The molecule has 0 bridgehead atoms. The van der Waals surface area contributed by atoms with E-state index in [0.717, 1.165) is 10.2 Å². The lowest BCUT2D eigenvalue weighted by Crippen LogP contribution is -2.21. The molecule has 0 aromatic heterocycles. The fourth-order valence-electron chi connectivity index (χ4n) is 2.09. The van der Waals surface area contributed by atoms with E-state index < -0.39 is 0 Å². The average molecular weight is 237 g/mol. The topological polar surface area (TPSA) is 26.0 Å². The Morgan fingerprint density at radius 2 is 2.23 bits per heavy atom. The standard InChI is InChI=1S/C10H12BBrN/c1-11-9-7-4-2-3-6(7)5-8(12)10(9)13/h5H,2-4,13H2,1H3. The molecule has 2 N–H and O–H groups in total. The van der Waals surface area contributed by atoms with Crippen LogP contribution < -0.4 is 11.2 Å². The number of hydrogen-bond donors (Lipinski definition) is 1. The van der Waals surface area contributed by atoms with Gasteiger partial charge < -0.3 is 5.73 Å². The van der Waals surface area contributed by atoms with Gasteiger partial charge in [0.1, 0.15) is 0 Å². The SMILES string of the molecule is C[B]c1c(N)c(Br)cc2c1CCC2. The number of halogens is 1. The van der Waals surface area contributed by atoms with Crippen LogP contribution in [0, 0.1) is 0 Å². The monoisotopic (exact) mass is 236 g/mol. The number of nitrogens with two attached hydrogens (primary N) is 1. The summed E-state index contributed by atoms with van der Waals surface area (Å²) in [6, 6.07) is 2.17. The molecule has 0 spiro atoms. The molecule has 13 heavy (non-hydrogen) atoms. The van der Waals surface area contributed by atoms with E-state index in [-0.39, 0.29) is 0 Å². The van der Waals surface area contributed by atoms with Crippen LogP contribution in [0.4, 0.5) is 5.69 Å². The summed E-state index contributed by atoms with van der Waals surface area (Å²) in [4.78, 5) is 0. The van der Waals surface area contributed by atoms with Gasteiger partial charge in [0.15, 0.2) is 7.28 Å². The molecular weight excluding hydrogens is 225 g/mol. The highest BCUT2D eigenvalue weighted by Gasteiger charge is 2.17. The number of fused-ring (bicyclic) bond motifs is 1. The number of rotatable bonds is 1. The van der Waals surface area contributed by atoms with Crippen molar-refractivity contribution in [3.05, 3.63) is 21.7 Å². The molecule has 1 aromatic rings. The van der Waals surface area contributed by atoms with E-state index in [1.54, 1.807) is 0 Å². The first kappa shape index (κ1) is 9.13. The molecule has 0 unspecified atom stereocenters. The van der Waals surface area contributed by atoms with Crippen molar-refractivity contribution < 1.29 is 0 Å². The van der Waals surface area contributed by atoms with Crippen molar-refractivity contribution in [1.29, 1.82) is 0 Å². The molecule has 0 heterocycles. The van der Waals surface area contributed by atoms with Gasteiger partial charge in [0.05, 0.1) is 0 Å². The van der Waals surface area contributed by atoms with Crippen molar-refractivity contribution >= 4 is 34.4 Å². The summed E-state index contributed by atoms with van der Waals surface area (Å²) in [6.07, 6.45) is 3.66. The molecule has 67 valence electrons. The summed E-state index contributed by atoms with van der Waals surface area (Å²) < 4.78 is 1.04. The molecule has 0 saturated heterocycles. The fraction of sp³-hybridized carbons (Fsp3) is 0.400. The number of nitrogen functional groups attached to an aromatic ring is 1. The van der Waals surface area contributed by atoms with E-state index in [9.17, 15) is 0 Å². The Bertz CT molecular complexity index is 349. The average Bonchev–Trinajstić information content (AvgIpc) is 2.54. The van der Waals surface area contributed by atoms with Crippen LogP contribution in [0.15, 0.2) is 10.5 Å². The minimum absolute atomic E-state index is 0.892. The van der Waals surface area contributed by atoms with Gasteiger partial charge in [-0.05, 0) is 52.4 Å². The lowest BCUT2D eigenvalue weighted by Gasteiger charge is -2.11. The van der Waals surface area contributed by atoms with E-state index in [1.165, 1.54) is 35.9 Å². The Morgan fingerprint density at radius 1 is 1.46 bits per heavy atom.